The van der Waals surface area contributed by atoms with E-state index in [9.17, 15) is 0 Å². The molecule has 1 nitrogen and oxygen atoms in total. The molecule has 0 heterocycles. The molecule has 0 aliphatic carbocycles. The van der Waals surface area contributed by atoms with E-state index in [0.717, 1.165) is 6.42 Å². The van der Waals surface area contributed by atoms with Crippen molar-refractivity contribution >= 4 is 11.9 Å². The maximum absolute atomic E-state index is 2.18. The Balaban J connectivity index is 3.43. The second-order valence-corrected chi connectivity index (χ2v) is 3.41. The van der Waals surface area contributed by atoms with Gasteiger partial charge < -0.3 is 0 Å². The van der Waals surface area contributed by atoms with Gasteiger partial charge in [-0.15, -0.1) is 0 Å². The van der Waals surface area contributed by atoms with Gasteiger partial charge in [0.15, 0.2) is 0 Å². The third-order valence-electron chi connectivity index (χ3n) is 1.02. The van der Waals surface area contributed by atoms with Crippen LogP contribution >= 0.6 is 11.9 Å². The first-order valence-electron chi connectivity index (χ1n) is 3.16. The summed E-state index contributed by atoms with van der Waals surface area (Å²) >= 11 is 1.74. The summed E-state index contributed by atoms with van der Waals surface area (Å²) in [4.78, 5) is 0. The van der Waals surface area contributed by atoms with Crippen molar-refractivity contribution in [1.29, 1.82) is 0 Å². The van der Waals surface area contributed by atoms with Crippen LogP contribution in [-0.2, 0) is 0 Å². The Hall–Kier alpha value is 0.0500. The molecule has 0 amide bonds. The molecule has 0 saturated carbocycles. The summed E-state index contributed by atoms with van der Waals surface area (Å²) < 4.78 is 2.08. The second kappa shape index (κ2) is 4.89. The predicted octanol–water partition coefficient (Wildman–Crippen LogP) is 2.51. The lowest BCUT2D eigenvalue weighted by atomic mass is 10.3. The zero-order chi connectivity index (χ0) is 7.28. The van der Waals surface area contributed by atoms with E-state index < -0.39 is 0 Å². The van der Waals surface area contributed by atoms with E-state index in [0.29, 0.717) is 0 Å². The minimum absolute atomic E-state index is 1.15. The molecule has 0 fully saturated rings. The smallest absolute Gasteiger partial charge is 0.00254 e. The number of nitrogens with zero attached hydrogens (tertiary/aromatic N) is 1. The first-order valence-corrected chi connectivity index (χ1v) is 4.00. The van der Waals surface area contributed by atoms with Gasteiger partial charge in [0.05, 0.1) is 0 Å². The lowest BCUT2D eigenvalue weighted by molar-refractivity contribution is 0.708. The van der Waals surface area contributed by atoms with Crippen LogP contribution in [0.3, 0.4) is 0 Å². The van der Waals surface area contributed by atoms with Crippen molar-refractivity contribution in [3.05, 3.63) is 11.0 Å². The Kier molecular flexibility index (Phi) is 4.91. The molecule has 0 saturated heterocycles. The van der Waals surface area contributed by atoms with Crippen molar-refractivity contribution < 1.29 is 0 Å². The van der Waals surface area contributed by atoms with E-state index in [1.165, 1.54) is 5.57 Å². The normalized spacial score (nSPS) is 12.8. The Morgan fingerprint density at radius 1 is 1.56 bits per heavy atom. The molecule has 0 rings (SSSR count). The maximum Gasteiger partial charge on any atom is -0.00254 e. The highest BCUT2D eigenvalue weighted by molar-refractivity contribution is 7.99. The lowest BCUT2D eigenvalue weighted by Crippen LogP contribution is -1.96. The molecule has 0 radical (unpaired) electrons. The quantitative estimate of drug-likeness (QED) is 0.561. The van der Waals surface area contributed by atoms with E-state index >= 15 is 0 Å². The van der Waals surface area contributed by atoms with Gasteiger partial charge in [0.2, 0.25) is 0 Å². The molecular weight excluding hydrogens is 130 g/mol. The molecule has 0 aromatic carbocycles. The summed E-state index contributed by atoms with van der Waals surface area (Å²) in [7, 11) is 4.09. The molecule has 54 valence electrons. The zero-order valence-corrected chi connectivity index (χ0v) is 7.46. The zero-order valence-electron chi connectivity index (χ0n) is 6.64. The van der Waals surface area contributed by atoms with Crippen molar-refractivity contribution in [3.63, 3.8) is 0 Å². The van der Waals surface area contributed by atoms with E-state index in [2.05, 4.69) is 23.6 Å². The summed E-state index contributed by atoms with van der Waals surface area (Å²) in [6, 6.07) is 0. The highest BCUT2D eigenvalue weighted by atomic mass is 32.2. The van der Waals surface area contributed by atoms with Crippen LogP contribution in [-0.4, -0.2) is 18.4 Å². The molecule has 0 aromatic rings. The monoisotopic (exact) mass is 145 g/mol. The molecule has 0 atom stereocenters. The summed E-state index contributed by atoms with van der Waals surface area (Å²) in [6.07, 6.45) is 1.15. The van der Waals surface area contributed by atoms with E-state index in [1.54, 1.807) is 11.9 Å². The van der Waals surface area contributed by atoms with Crippen LogP contribution in [0.2, 0.25) is 0 Å². The third-order valence-corrected chi connectivity index (χ3v) is 1.95. The van der Waals surface area contributed by atoms with Gasteiger partial charge in [-0.1, -0.05) is 24.4 Å². The van der Waals surface area contributed by atoms with Crippen LogP contribution in [0, 0.1) is 0 Å². The first kappa shape index (κ1) is 9.05. The molecule has 0 spiro atoms. The van der Waals surface area contributed by atoms with E-state index in [-0.39, 0.29) is 0 Å². The van der Waals surface area contributed by atoms with Gasteiger partial charge in [0.1, 0.15) is 0 Å². The number of hydrogen-bond donors (Lipinski definition) is 0. The van der Waals surface area contributed by atoms with Gasteiger partial charge in [-0.25, -0.2) is 0 Å². The molecule has 0 aromatic heterocycles. The Bertz CT molecular complexity index is 97.1. The van der Waals surface area contributed by atoms with Crippen LogP contribution in [0.15, 0.2) is 11.0 Å². The average molecular weight is 145 g/mol. The van der Waals surface area contributed by atoms with Crippen molar-refractivity contribution in [3.8, 4) is 0 Å². The van der Waals surface area contributed by atoms with Crippen LogP contribution in [0.4, 0.5) is 0 Å². The van der Waals surface area contributed by atoms with Gasteiger partial charge in [-0.05, 0) is 32.8 Å². The van der Waals surface area contributed by atoms with Crippen molar-refractivity contribution in [2.75, 3.05) is 14.1 Å². The number of allylic oxidation sites excluding steroid dienone is 1. The molecule has 2 heteroatoms. The van der Waals surface area contributed by atoms with Crippen molar-refractivity contribution in [1.82, 2.24) is 4.31 Å². The van der Waals surface area contributed by atoms with Crippen LogP contribution in [0.25, 0.3) is 0 Å². The Morgan fingerprint density at radius 2 is 2.11 bits per heavy atom. The summed E-state index contributed by atoms with van der Waals surface area (Å²) in [5.41, 5.74) is 1.44. The van der Waals surface area contributed by atoms with Gasteiger partial charge in [-0.3, -0.25) is 4.31 Å². The van der Waals surface area contributed by atoms with Crippen LogP contribution in [0.5, 0.6) is 0 Å². The molecule has 0 unspecified atom stereocenters. The summed E-state index contributed by atoms with van der Waals surface area (Å²) in [5, 5.41) is 2.18. The largest absolute Gasteiger partial charge is 0.253 e. The minimum Gasteiger partial charge on any atom is -0.253 e. The molecular formula is C7H15NS. The van der Waals surface area contributed by atoms with Crippen LogP contribution in [0.1, 0.15) is 20.3 Å². The standard InChI is InChI=1S/C7H15NS/c1-5-7(2)6-9-8(3)4/h6H,5H2,1-4H3/b7-6+. The summed E-state index contributed by atoms with van der Waals surface area (Å²) in [6.45, 7) is 4.32. The fourth-order valence-corrected chi connectivity index (χ4v) is 0.836. The first-order chi connectivity index (χ1) is 4.16. The predicted molar refractivity (Wildman–Crippen MR) is 45.3 cm³/mol. The number of rotatable bonds is 3. The Morgan fingerprint density at radius 3 is 2.44 bits per heavy atom. The lowest BCUT2D eigenvalue weighted by Gasteiger charge is -2.03. The minimum atomic E-state index is 1.15. The van der Waals surface area contributed by atoms with E-state index in [1.807, 2.05) is 14.1 Å². The molecule has 9 heavy (non-hydrogen) atoms. The summed E-state index contributed by atoms with van der Waals surface area (Å²) in [5.74, 6) is 0. The highest BCUT2D eigenvalue weighted by Crippen LogP contribution is 2.10. The maximum atomic E-state index is 2.18. The van der Waals surface area contributed by atoms with Gasteiger partial charge in [0.25, 0.3) is 0 Å². The third kappa shape index (κ3) is 5.93. The van der Waals surface area contributed by atoms with Crippen LogP contribution < -0.4 is 0 Å². The number of hydrogen-bond acceptors (Lipinski definition) is 2. The highest BCUT2D eigenvalue weighted by Gasteiger charge is 1.85. The Labute approximate surface area is 62.3 Å². The second-order valence-electron chi connectivity index (χ2n) is 2.24. The molecule has 0 aliphatic rings. The van der Waals surface area contributed by atoms with E-state index in [4.69, 9.17) is 0 Å². The fraction of sp³-hybridized carbons (Fsp3) is 0.714. The van der Waals surface area contributed by atoms with Gasteiger partial charge >= 0.3 is 0 Å². The topological polar surface area (TPSA) is 3.24 Å². The molecule has 0 bridgehead atoms. The SMILES string of the molecule is CC/C(C)=C/SN(C)C. The molecule has 0 N–H and O–H groups in total. The van der Waals surface area contributed by atoms with Gasteiger partial charge in [0, 0.05) is 0 Å². The average Bonchev–Trinajstić information content (AvgIpc) is 1.83. The van der Waals surface area contributed by atoms with Crippen molar-refractivity contribution in [2.45, 2.75) is 20.3 Å². The fourth-order valence-electron chi connectivity index (χ4n) is 0.279. The molecule has 0 aliphatic heterocycles. The van der Waals surface area contributed by atoms with Crippen molar-refractivity contribution in [2.24, 2.45) is 0 Å². The van der Waals surface area contributed by atoms with Gasteiger partial charge in [-0.2, -0.15) is 0 Å².